The first kappa shape index (κ1) is 17.7. The van der Waals surface area contributed by atoms with Crippen molar-refractivity contribution >= 4 is 5.82 Å². The Bertz CT molecular complexity index is 905. The standard InChI is InChI=1S/C22H25FN4/c1-26-22(11-12-25-26)27-13-5-8-19(16-27)24-15-17-6-4-7-18(14-17)20-9-2-3-10-21(20)23/h2-4,6-7,9-12,14,19,24H,5,8,13,15-16H2,1H3. The van der Waals surface area contributed by atoms with Crippen molar-refractivity contribution < 1.29 is 4.39 Å². The molecule has 1 saturated heterocycles. The smallest absolute Gasteiger partial charge is 0.131 e. The molecule has 27 heavy (non-hydrogen) atoms. The van der Waals surface area contributed by atoms with Crippen molar-refractivity contribution in [1.82, 2.24) is 15.1 Å². The van der Waals surface area contributed by atoms with Crippen LogP contribution in [-0.4, -0.2) is 28.9 Å². The fourth-order valence-electron chi connectivity index (χ4n) is 3.84. The molecule has 0 aliphatic carbocycles. The summed E-state index contributed by atoms with van der Waals surface area (Å²) in [5.41, 5.74) is 2.75. The number of piperidine rings is 1. The van der Waals surface area contributed by atoms with Crippen molar-refractivity contribution in [2.75, 3.05) is 18.0 Å². The summed E-state index contributed by atoms with van der Waals surface area (Å²) in [6, 6.07) is 17.6. The molecule has 4 nitrogen and oxygen atoms in total. The van der Waals surface area contributed by atoms with Crippen LogP contribution in [0.2, 0.25) is 0 Å². The Morgan fingerprint density at radius 2 is 2.04 bits per heavy atom. The summed E-state index contributed by atoms with van der Waals surface area (Å²) < 4.78 is 16.0. The van der Waals surface area contributed by atoms with Crippen molar-refractivity contribution in [2.24, 2.45) is 7.05 Å². The normalized spacial score (nSPS) is 17.3. The van der Waals surface area contributed by atoms with Gasteiger partial charge < -0.3 is 10.2 Å². The first-order valence-electron chi connectivity index (χ1n) is 9.51. The predicted octanol–water partition coefficient (Wildman–Crippen LogP) is 3.98. The van der Waals surface area contributed by atoms with Crippen molar-refractivity contribution in [1.29, 1.82) is 0 Å². The lowest BCUT2D eigenvalue weighted by Gasteiger charge is -2.34. The fourth-order valence-corrected chi connectivity index (χ4v) is 3.84. The minimum Gasteiger partial charge on any atom is -0.355 e. The van der Waals surface area contributed by atoms with Gasteiger partial charge in [0, 0.05) is 44.4 Å². The van der Waals surface area contributed by atoms with E-state index in [1.807, 2.05) is 42.2 Å². The van der Waals surface area contributed by atoms with Crippen LogP contribution in [0.15, 0.2) is 60.8 Å². The molecule has 140 valence electrons. The van der Waals surface area contributed by atoms with E-state index in [1.165, 1.54) is 23.9 Å². The van der Waals surface area contributed by atoms with E-state index in [0.29, 0.717) is 11.6 Å². The molecule has 1 atom stereocenters. The van der Waals surface area contributed by atoms with Crippen LogP contribution in [-0.2, 0) is 13.6 Å². The zero-order valence-electron chi connectivity index (χ0n) is 15.6. The van der Waals surface area contributed by atoms with Gasteiger partial charge in [-0.1, -0.05) is 36.4 Å². The summed E-state index contributed by atoms with van der Waals surface area (Å²) >= 11 is 0. The number of anilines is 1. The topological polar surface area (TPSA) is 33.1 Å². The molecular weight excluding hydrogens is 339 g/mol. The van der Waals surface area contributed by atoms with Crippen LogP contribution in [0.3, 0.4) is 0 Å². The molecule has 2 heterocycles. The van der Waals surface area contributed by atoms with Crippen molar-refractivity contribution in [3.05, 3.63) is 72.2 Å². The third-order valence-corrected chi connectivity index (χ3v) is 5.25. The van der Waals surface area contributed by atoms with Crippen molar-refractivity contribution in [2.45, 2.75) is 25.4 Å². The summed E-state index contributed by atoms with van der Waals surface area (Å²) in [6.45, 7) is 2.83. The van der Waals surface area contributed by atoms with Crippen molar-refractivity contribution in [3.63, 3.8) is 0 Å². The average molecular weight is 364 g/mol. The third kappa shape index (κ3) is 4.03. The van der Waals surface area contributed by atoms with Crippen LogP contribution in [0, 0.1) is 5.82 Å². The molecule has 1 aliphatic rings. The Morgan fingerprint density at radius 1 is 1.15 bits per heavy atom. The maximum atomic E-state index is 14.1. The molecule has 0 spiro atoms. The summed E-state index contributed by atoms with van der Waals surface area (Å²) in [5, 5.41) is 7.96. The molecule has 0 radical (unpaired) electrons. The zero-order valence-corrected chi connectivity index (χ0v) is 15.6. The SMILES string of the molecule is Cn1nccc1N1CCCC(NCc2cccc(-c3ccccc3F)c2)C1. The highest BCUT2D eigenvalue weighted by atomic mass is 19.1. The van der Waals surface area contributed by atoms with E-state index in [9.17, 15) is 4.39 Å². The number of hydrogen-bond donors (Lipinski definition) is 1. The van der Waals surface area contributed by atoms with E-state index < -0.39 is 0 Å². The second-order valence-electron chi connectivity index (χ2n) is 7.16. The highest BCUT2D eigenvalue weighted by Gasteiger charge is 2.21. The molecule has 1 aromatic heterocycles. The second kappa shape index (κ2) is 7.92. The minimum atomic E-state index is -0.179. The molecule has 1 aliphatic heterocycles. The largest absolute Gasteiger partial charge is 0.355 e. The van der Waals surface area contributed by atoms with Crippen LogP contribution < -0.4 is 10.2 Å². The first-order valence-corrected chi connectivity index (χ1v) is 9.51. The molecule has 1 N–H and O–H groups in total. The molecule has 1 unspecified atom stereocenters. The predicted molar refractivity (Wildman–Crippen MR) is 107 cm³/mol. The number of benzene rings is 2. The van der Waals surface area contributed by atoms with Gasteiger partial charge in [0.2, 0.25) is 0 Å². The van der Waals surface area contributed by atoms with E-state index in [-0.39, 0.29) is 5.82 Å². The molecule has 1 fully saturated rings. The van der Waals surface area contributed by atoms with Gasteiger partial charge in [0.25, 0.3) is 0 Å². The minimum absolute atomic E-state index is 0.179. The number of nitrogens with one attached hydrogen (secondary N) is 1. The van der Waals surface area contributed by atoms with Gasteiger partial charge in [-0.25, -0.2) is 4.39 Å². The van der Waals surface area contributed by atoms with E-state index in [1.54, 1.807) is 6.07 Å². The molecule has 5 heteroatoms. The Labute approximate surface area is 159 Å². The van der Waals surface area contributed by atoms with Crippen LogP contribution in [0.1, 0.15) is 18.4 Å². The molecular formula is C22H25FN4. The zero-order chi connectivity index (χ0) is 18.6. The lowest BCUT2D eigenvalue weighted by atomic mass is 10.0. The Morgan fingerprint density at radius 3 is 2.85 bits per heavy atom. The number of hydrogen-bond acceptors (Lipinski definition) is 3. The van der Waals surface area contributed by atoms with Gasteiger partial charge in [-0.3, -0.25) is 4.68 Å². The van der Waals surface area contributed by atoms with Crippen LogP contribution in [0.25, 0.3) is 11.1 Å². The van der Waals surface area contributed by atoms with Crippen molar-refractivity contribution in [3.8, 4) is 11.1 Å². The average Bonchev–Trinajstić information content (AvgIpc) is 3.13. The highest BCUT2D eigenvalue weighted by Crippen LogP contribution is 2.24. The molecule has 3 aromatic rings. The van der Waals surface area contributed by atoms with E-state index in [0.717, 1.165) is 31.6 Å². The molecule has 0 bridgehead atoms. The third-order valence-electron chi connectivity index (χ3n) is 5.25. The van der Waals surface area contributed by atoms with E-state index in [4.69, 9.17) is 0 Å². The van der Waals surface area contributed by atoms with Crippen LogP contribution >= 0.6 is 0 Å². The molecule has 0 amide bonds. The number of nitrogens with zero attached hydrogens (tertiary/aromatic N) is 3. The highest BCUT2D eigenvalue weighted by molar-refractivity contribution is 5.64. The van der Waals surface area contributed by atoms with Gasteiger partial charge >= 0.3 is 0 Å². The molecule has 0 saturated carbocycles. The van der Waals surface area contributed by atoms with Gasteiger partial charge in [0.15, 0.2) is 0 Å². The van der Waals surface area contributed by atoms with Gasteiger partial charge in [-0.05, 0) is 36.1 Å². The summed E-state index contributed by atoms with van der Waals surface area (Å²) in [5.74, 6) is 0.991. The number of rotatable bonds is 5. The second-order valence-corrected chi connectivity index (χ2v) is 7.16. The van der Waals surface area contributed by atoms with Crippen LogP contribution in [0.4, 0.5) is 10.2 Å². The quantitative estimate of drug-likeness (QED) is 0.743. The monoisotopic (exact) mass is 364 g/mol. The number of aromatic nitrogens is 2. The van der Waals surface area contributed by atoms with Gasteiger partial charge in [0.1, 0.15) is 11.6 Å². The first-order chi connectivity index (χ1) is 13.2. The fraction of sp³-hybridized carbons (Fsp3) is 0.318. The van der Waals surface area contributed by atoms with Gasteiger partial charge in [-0.2, -0.15) is 5.10 Å². The van der Waals surface area contributed by atoms with Gasteiger partial charge in [0.05, 0.1) is 6.20 Å². The Kier molecular flexibility index (Phi) is 5.21. The molecule has 4 rings (SSSR count). The molecule has 2 aromatic carbocycles. The van der Waals surface area contributed by atoms with Crippen LogP contribution in [0.5, 0.6) is 0 Å². The van der Waals surface area contributed by atoms with Gasteiger partial charge in [-0.15, -0.1) is 0 Å². The van der Waals surface area contributed by atoms with E-state index in [2.05, 4.69) is 33.5 Å². The maximum Gasteiger partial charge on any atom is 0.131 e. The lowest BCUT2D eigenvalue weighted by Crippen LogP contribution is -2.46. The summed E-state index contributed by atoms with van der Waals surface area (Å²) in [4.78, 5) is 2.39. The maximum absolute atomic E-state index is 14.1. The Balaban J connectivity index is 1.41. The lowest BCUT2D eigenvalue weighted by molar-refractivity contribution is 0.417. The van der Waals surface area contributed by atoms with E-state index >= 15 is 0 Å². The summed E-state index contributed by atoms with van der Waals surface area (Å²) in [6.07, 6.45) is 4.18. The number of halogens is 1. The number of aryl methyl sites for hydroxylation is 1. The Hall–Kier alpha value is -2.66. The summed E-state index contributed by atoms with van der Waals surface area (Å²) in [7, 11) is 1.99.